The van der Waals surface area contributed by atoms with Gasteiger partial charge in [0.05, 0.1) is 16.6 Å². The maximum absolute atomic E-state index is 13.1. The fourth-order valence-corrected chi connectivity index (χ4v) is 4.61. The largest absolute Gasteiger partial charge is 0.306 e. The second kappa shape index (κ2) is 5.98. The minimum absolute atomic E-state index is 0.124. The highest BCUT2D eigenvalue weighted by Crippen LogP contribution is 2.40. The van der Waals surface area contributed by atoms with E-state index in [-0.39, 0.29) is 6.04 Å². The van der Waals surface area contributed by atoms with Crippen molar-refractivity contribution < 1.29 is 8.42 Å². The van der Waals surface area contributed by atoms with Crippen LogP contribution in [0.5, 0.6) is 0 Å². The first kappa shape index (κ1) is 16.0. The molecule has 4 nitrogen and oxygen atoms in total. The Morgan fingerprint density at radius 1 is 1.13 bits per heavy atom. The van der Waals surface area contributed by atoms with Crippen LogP contribution in [-0.2, 0) is 10.0 Å². The van der Waals surface area contributed by atoms with Crippen LogP contribution < -0.4 is 9.62 Å². The molecule has 0 saturated heterocycles. The van der Waals surface area contributed by atoms with E-state index in [1.165, 1.54) is 4.31 Å². The first-order chi connectivity index (χ1) is 11.0. The van der Waals surface area contributed by atoms with Gasteiger partial charge in [0.15, 0.2) is 0 Å². The van der Waals surface area contributed by atoms with Crippen LogP contribution in [-0.4, -0.2) is 22.0 Å². The number of hydrogen-bond acceptors (Lipinski definition) is 3. The lowest BCUT2D eigenvalue weighted by atomic mass is 9.96. The second-order valence-corrected chi connectivity index (χ2v) is 7.90. The van der Waals surface area contributed by atoms with E-state index in [4.69, 9.17) is 0 Å². The Morgan fingerprint density at radius 3 is 2.61 bits per heavy atom. The van der Waals surface area contributed by atoms with Crippen LogP contribution in [0.15, 0.2) is 47.4 Å². The summed E-state index contributed by atoms with van der Waals surface area (Å²) in [4.78, 5) is 0.393. The summed E-state index contributed by atoms with van der Waals surface area (Å²) < 4.78 is 27.5. The van der Waals surface area contributed by atoms with Crippen LogP contribution >= 0.6 is 0 Å². The molecule has 0 bridgehead atoms. The molecule has 0 radical (unpaired) electrons. The minimum atomic E-state index is -3.56. The summed E-state index contributed by atoms with van der Waals surface area (Å²) in [7, 11) is -1.93. The van der Waals surface area contributed by atoms with Gasteiger partial charge in [-0.2, -0.15) is 0 Å². The maximum atomic E-state index is 13.1. The van der Waals surface area contributed by atoms with E-state index in [2.05, 4.69) is 12.2 Å². The molecule has 0 amide bonds. The molecular formula is C18H22N2O2S. The molecule has 1 N–H and O–H groups in total. The monoisotopic (exact) mass is 330 g/mol. The summed E-state index contributed by atoms with van der Waals surface area (Å²) >= 11 is 0. The van der Waals surface area contributed by atoms with Gasteiger partial charge in [-0.15, -0.1) is 0 Å². The maximum Gasteiger partial charge on any atom is 0.264 e. The number of nitrogens with one attached hydrogen (secondary N) is 1. The number of nitrogens with zero attached hydrogens (tertiary/aromatic N) is 1. The summed E-state index contributed by atoms with van der Waals surface area (Å²) in [6.07, 6.45) is 0.989. The molecule has 0 aliphatic carbocycles. The number of anilines is 1. The molecule has 0 spiro atoms. The Morgan fingerprint density at radius 2 is 1.87 bits per heavy atom. The van der Waals surface area contributed by atoms with Crippen molar-refractivity contribution in [2.75, 3.05) is 17.9 Å². The highest BCUT2D eigenvalue weighted by Gasteiger charge is 2.34. The molecule has 23 heavy (non-hydrogen) atoms. The van der Waals surface area contributed by atoms with Crippen molar-refractivity contribution in [3.63, 3.8) is 0 Å². The van der Waals surface area contributed by atoms with Gasteiger partial charge >= 0.3 is 0 Å². The molecule has 1 aliphatic rings. The summed E-state index contributed by atoms with van der Waals surface area (Å²) in [6.45, 7) is 4.85. The Hall–Kier alpha value is -1.85. The number of benzene rings is 2. The van der Waals surface area contributed by atoms with E-state index in [1.54, 1.807) is 13.1 Å². The van der Waals surface area contributed by atoms with Crippen LogP contribution in [0.4, 0.5) is 5.69 Å². The van der Waals surface area contributed by atoms with Crippen molar-refractivity contribution in [2.45, 2.75) is 31.2 Å². The van der Waals surface area contributed by atoms with E-state index in [0.29, 0.717) is 4.90 Å². The third-order valence-corrected chi connectivity index (χ3v) is 6.13. The Kier molecular flexibility index (Phi) is 4.17. The highest BCUT2D eigenvalue weighted by atomic mass is 32.2. The number of hydrogen-bond donors (Lipinski definition) is 1. The molecular weight excluding hydrogens is 308 g/mol. The molecule has 122 valence electrons. The standard InChI is InChI=1S/C18H22N2O2S/c1-4-11-19-18-14-7-5-6-8-16(14)20(3)23(21,22)17-12-13(2)9-10-15(17)18/h5-10,12,18-19H,4,11H2,1-3H3. The van der Waals surface area contributed by atoms with Crippen molar-refractivity contribution in [3.05, 3.63) is 59.2 Å². The van der Waals surface area contributed by atoms with Gasteiger partial charge < -0.3 is 5.32 Å². The summed E-state index contributed by atoms with van der Waals surface area (Å²) in [5.41, 5.74) is 3.49. The smallest absolute Gasteiger partial charge is 0.264 e. The molecule has 1 aliphatic heterocycles. The van der Waals surface area contributed by atoms with Gasteiger partial charge in [0.1, 0.15) is 0 Å². The van der Waals surface area contributed by atoms with E-state index < -0.39 is 10.0 Å². The molecule has 0 aromatic heterocycles. The Labute approximate surface area is 138 Å². The zero-order valence-electron chi connectivity index (χ0n) is 13.7. The lowest BCUT2D eigenvalue weighted by molar-refractivity contribution is 0.582. The van der Waals surface area contributed by atoms with Crippen molar-refractivity contribution in [3.8, 4) is 0 Å². The third-order valence-electron chi connectivity index (χ3n) is 4.30. The first-order valence-electron chi connectivity index (χ1n) is 7.88. The van der Waals surface area contributed by atoms with Gasteiger partial charge in [0.2, 0.25) is 0 Å². The van der Waals surface area contributed by atoms with Gasteiger partial charge in [-0.05, 0) is 48.7 Å². The summed E-state index contributed by atoms with van der Waals surface area (Å²) in [5.74, 6) is 0. The van der Waals surface area contributed by atoms with Crippen LogP contribution in [0.3, 0.4) is 0 Å². The highest BCUT2D eigenvalue weighted by molar-refractivity contribution is 7.92. The molecule has 1 atom stereocenters. The zero-order valence-corrected chi connectivity index (χ0v) is 14.5. The molecule has 2 aromatic carbocycles. The summed E-state index contributed by atoms with van der Waals surface area (Å²) in [5, 5.41) is 3.51. The van der Waals surface area contributed by atoms with Gasteiger partial charge in [0, 0.05) is 7.05 Å². The van der Waals surface area contributed by atoms with Crippen LogP contribution in [0.25, 0.3) is 0 Å². The summed E-state index contributed by atoms with van der Waals surface area (Å²) in [6, 6.07) is 13.3. The first-order valence-corrected chi connectivity index (χ1v) is 9.32. The molecule has 5 heteroatoms. The number of fused-ring (bicyclic) bond motifs is 2. The average molecular weight is 330 g/mol. The quantitative estimate of drug-likeness (QED) is 0.940. The van der Waals surface area contributed by atoms with Gasteiger partial charge in [0.25, 0.3) is 10.0 Å². The van der Waals surface area contributed by atoms with Gasteiger partial charge in [-0.3, -0.25) is 4.31 Å². The van der Waals surface area contributed by atoms with Crippen LogP contribution in [0.1, 0.15) is 36.1 Å². The zero-order chi connectivity index (χ0) is 16.6. The lowest BCUT2D eigenvalue weighted by Gasteiger charge is -2.21. The minimum Gasteiger partial charge on any atom is -0.306 e. The van der Waals surface area contributed by atoms with E-state index in [9.17, 15) is 8.42 Å². The fraction of sp³-hybridized carbons (Fsp3) is 0.333. The van der Waals surface area contributed by atoms with E-state index in [0.717, 1.165) is 35.3 Å². The van der Waals surface area contributed by atoms with Crippen molar-refractivity contribution >= 4 is 15.7 Å². The average Bonchev–Trinajstić information content (AvgIpc) is 2.61. The second-order valence-electron chi connectivity index (χ2n) is 5.96. The van der Waals surface area contributed by atoms with E-state index >= 15 is 0 Å². The van der Waals surface area contributed by atoms with Gasteiger partial charge in [-0.25, -0.2) is 8.42 Å². The molecule has 1 unspecified atom stereocenters. The van der Waals surface area contributed by atoms with E-state index in [1.807, 2.05) is 43.3 Å². The Balaban J connectivity index is 2.32. The predicted molar refractivity (Wildman–Crippen MR) is 93.3 cm³/mol. The fourth-order valence-electron chi connectivity index (χ4n) is 3.07. The SMILES string of the molecule is CCCNC1c2ccccc2N(C)S(=O)(=O)c2cc(C)ccc21. The van der Waals surface area contributed by atoms with Gasteiger partial charge in [-0.1, -0.05) is 37.3 Å². The number of para-hydroxylation sites is 1. The van der Waals surface area contributed by atoms with Crippen molar-refractivity contribution in [1.82, 2.24) is 5.32 Å². The normalized spacial score (nSPS) is 18.9. The number of aryl methyl sites for hydroxylation is 1. The Bertz CT molecular complexity index is 831. The molecule has 1 heterocycles. The molecule has 0 saturated carbocycles. The van der Waals surface area contributed by atoms with Crippen LogP contribution in [0, 0.1) is 6.92 Å². The predicted octanol–water partition coefficient (Wildman–Crippen LogP) is 3.22. The number of rotatable bonds is 3. The number of sulfonamides is 1. The van der Waals surface area contributed by atoms with Crippen LogP contribution in [0.2, 0.25) is 0 Å². The van der Waals surface area contributed by atoms with Crippen molar-refractivity contribution in [2.24, 2.45) is 0 Å². The molecule has 3 rings (SSSR count). The lowest BCUT2D eigenvalue weighted by Crippen LogP contribution is -2.26. The van der Waals surface area contributed by atoms with Crippen molar-refractivity contribution in [1.29, 1.82) is 0 Å². The molecule has 2 aromatic rings. The molecule has 0 fully saturated rings. The topological polar surface area (TPSA) is 49.4 Å². The third kappa shape index (κ3) is 2.64.